The molecular weight excluding hydrogens is 176 g/mol. The van der Waals surface area contributed by atoms with Crippen molar-refractivity contribution >= 4 is 0 Å². The van der Waals surface area contributed by atoms with Gasteiger partial charge in [-0.3, -0.25) is 0 Å². The maximum Gasteiger partial charge on any atom is 0.163 e. The van der Waals surface area contributed by atoms with Gasteiger partial charge in [-0.25, -0.2) is 0 Å². The first-order chi connectivity index (χ1) is 6.70. The summed E-state index contributed by atoms with van der Waals surface area (Å²) in [5.41, 5.74) is 2.18. The molecule has 2 nitrogen and oxygen atoms in total. The van der Waals surface area contributed by atoms with Gasteiger partial charge in [-0.1, -0.05) is 18.2 Å². The molecule has 0 saturated carbocycles. The van der Waals surface area contributed by atoms with Gasteiger partial charge in [0.2, 0.25) is 0 Å². The number of phenols is 1. The fraction of sp³-hybridized carbons (Fsp3) is 0.333. The van der Waals surface area contributed by atoms with Gasteiger partial charge in [0.15, 0.2) is 11.5 Å². The Morgan fingerprint density at radius 3 is 2.71 bits per heavy atom. The van der Waals surface area contributed by atoms with Crippen LogP contribution in [0.3, 0.4) is 0 Å². The summed E-state index contributed by atoms with van der Waals surface area (Å²) in [4.78, 5) is 0. The summed E-state index contributed by atoms with van der Waals surface area (Å²) in [6.07, 6.45) is 4.97. The second-order valence-corrected chi connectivity index (χ2v) is 3.18. The van der Waals surface area contributed by atoms with E-state index in [-0.39, 0.29) is 5.75 Å². The summed E-state index contributed by atoms with van der Waals surface area (Å²) in [6, 6.07) is 3.60. The molecule has 1 N–H and O–H groups in total. The monoisotopic (exact) mass is 192 g/mol. The number of ether oxygens (including phenoxy) is 1. The van der Waals surface area contributed by atoms with Crippen LogP contribution in [0.15, 0.2) is 24.3 Å². The Bertz CT molecular complexity index is 340. The number of benzene rings is 1. The van der Waals surface area contributed by atoms with Gasteiger partial charge in [-0.2, -0.15) is 0 Å². The predicted octanol–water partition coefficient (Wildman–Crippen LogP) is 2.83. The van der Waals surface area contributed by atoms with Crippen molar-refractivity contribution in [3.8, 4) is 11.5 Å². The minimum Gasteiger partial charge on any atom is -0.504 e. The standard InChI is InChI=1S/C12H16O2/c1-4-5-6-10-7-8-11(13)12(14-3)9(10)2/h4-5,7-8,13H,6H2,1-3H3/b5-4+. The molecule has 14 heavy (non-hydrogen) atoms. The number of allylic oxidation sites excluding steroid dienone is 2. The van der Waals surface area contributed by atoms with Crippen LogP contribution in [0.25, 0.3) is 0 Å². The molecule has 0 aliphatic carbocycles. The Hall–Kier alpha value is -1.44. The molecule has 0 bridgehead atoms. The summed E-state index contributed by atoms with van der Waals surface area (Å²) in [6.45, 7) is 3.95. The summed E-state index contributed by atoms with van der Waals surface area (Å²) in [5.74, 6) is 0.779. The van der Waals surface area contributed by atoms with Crippen LogP contribution >= 0.6 is 0 Å². The molecule has 0 spiro atoms. The zero-order chi connectivity index (χ0) is 10.6. The third kappa shape index (κ3) is 2.08. The van der Waals surface area contributed by atoms with Crippen molar-refractivity contribution in [1.29, 1.82) is 0 Å². The van der Waals surface area contributed by atoms with E-state index in [2.05, 4.69) is 6.08 Å². The molecule has 2 heteroatoms. The largest absolute Gasteiger partial charge is 0.504 e. The van der Waals surface area contributed by atoms with Crippen LogP contribution in [0.5, 0.6) is 11.5 Å². The fourth-order valence-electron chi connectivity index (χ4n) is 1.44. The smallest absolute Gasteiger partial charge is 0.163 e. The quantitative estimate of drug-likeness (QED) is 0.746. The molecule has 0 saturated heterocycles. The molecule has 1 aromatic rings. The summed E-state index contributed by atoms with van der Waals surface area (Å²) < 4.78 is 5.12. The van der Waals surface area contributed by atoms with Crippen LogP contribution in [-0.4, -0.2) is 12.2 Å². The van der Waals surface area contributed by atoms with Crippen molar-refractivity contribution in [1.82, 2.24) is 0 Å². The molecular formula is C12H16O2. The highest BCUT2D eigenvalue weighted by Gasteiger charge is 2.08. The van der Waals surface area contributed by atoms with Crippen LogP contribution in [0.2, 0.25) is 0 Å². The molecule has 0 heterocycles. The first-order valence-corrected chi connectivity index (χ1v) is 4.67. The second-order valence-electron chi connectivity index (χ2n) is 3.18. The van der Waals surface area contributed by atoms with E-state index in [0.29, 0.717) is 5.75 Å². The molecule has 76 valence electrons. The van der Waals surface area contributed by atoms with Gasteiger partial charge in [0.05, 0.1) is 7.11 Å². The van der Waals surface area contributed by atoms with Crippen LogP contribution in [-0.2, 0) is 6.42 Å². The Kier molecular flexibility index (Phi) is 3.57. The van der Waals surface area contributed by atoms with Gasteiger partial charge < -0.3 is 9.84 Å². The lowest BCUT2D eigenvalue weighted by Gasteiger charge is -2.10. The van der Waals surface area contributed by atoms with Crippen molar-refractivity contribution in [2.75, 3.05) is 7.11 Å². The van der Waals surface area contributed by atoms with Crippen LogP contribution in [0.4, 0.5) is 0 Å². The SMILES string of the molecule is C/C=C/Cc1ccc(O)c(OC)c1C. The van der Waals surface area contributed by atoms with E-state index < -0.39 is 0 Å². The molecule has 0 fully saturated rings. The predicted molar refractivity (Wildman–Crippen MR) is 57.9 cm³/mol. The number of methoxy groups -OCH3 is 1. The fourth-order valence-corrected chi connectivity index (χ4v) is 1.44. The number of hydrogen-bond acceptors (Lipinski definition) is 2. The van der Waals surface area contributed by atoms with Crippen molar-refractivity contribution < 1.29 is 9.84 Å². The van der Waals surface area contributed by atoms with E-state index >= 15 is 0 Å². The van der Waals surface area contributed by atoms with Gasteiger partial charge >= 0.3 is 0 Å². The highest BCUT2D eigenvalue weighted by Crippen LogP contribution is 2.31. The molecule has 0 aromatic heterocycles. The molecule has 1 aromatic carbocycles. The first kappa shape index (κ1) is 10.6. The minimum atomic E-state index is 0.203. The molecule has 1 rings (SSSR count). The molecule has 0 aliphatic rings. The van der Waals surface area contributed by atoms with Gasteiger partial charge in [-0.15, -0.1) is 0 Å². The zero-order valence-electron chi connectivity index (χ0n) is 8.87. The van der Waals surface area contributed by atoms with Gasteiger partial charge in [0, 0.05) is 0 Å². The van der Waals surface area contributed by atoms with Crippen LogP contribution in [0.1, 0.15) is 18.1 Å². The molecule has 0 atom stereocenters. The number of rotatable bonds is 3. The van der Waals surface area contributed by atoms with Crippen molar-refractivity contribution in [3.05, 3.63) is 35.4 Å². The van der Waals surface area contributed by atoms with E-state index in [1.807, 2.05) is 26.0 Å². The summed E-state index contributed by atoms with van der Waals surface area (Å²) in [7, 11) is 1.57. The third-order valence-electron chi connectivity index (χ3n) is 2.27. The molecule has 0 radical (unpaired) electrons. The Morgan fingerprint density at radius 2 is 2.14 bits per heavy atom. The van der Waals surface area contributed by atoms with E-state index in [1.165, 1.54) is 5.56 Å². The second kappa shape index (κ2) is 4.70. The van der Waals surface area contributed by atoms with Gasteiger partial charge in [0.25, 0.3) is 0 Å². The maximum atomic E-state index is 9.50. The van der Waals surface area contributed by atoms with Crippen molar-refractivity contribution in [2.45, 2.75) is 20.3 Å². The van der Waals surface area contributed by atoms with Crippen molar-refractivity contribution in [2.24, 2.45) is 0 Å². The zero-order valence-corrected chi connectivity index (χ0v) is 8.87. The highest BCUT2D eigenvalue weighted by molar-refractivity contribution is 5.49. The van der Waals surface area contributed by atoms with E-state index in [4.69, 9.17) is 4.74 Å². The Labute approximate surface area is 84.8 Å². The minimum absolute atomic E-state index is 0.203. The van der Waals surface area contributed by atoms with E-state index in [1.54, 1.807) is 13.2 Å². The summed E-state index contributed by atoms with van der Waals surface area (Å²) >= 11 is 0. The lowest BCUT2D eigenvalue weighted by atomic mass is 10.0. The average molecular weight is 192 g/mol. The normalized spacial score (nSPS) is 10.8. The number of hydrogen-bond donors (Lipinski definition) is 1. The van der Waals surface area contributed by atoms with Crippen molar-refractivity contribution in [3.63, 3.8) is 0 Å². The van der Waals surface area contributed by atoms with E-state index in [0.717, 1.165) is 12.0 Å². The van der Waals surface area contributed by atoms with E-state index in [9.17, 15) is 5.11 Å². The van der Waals surface area contributed by atoms with Gasteiger partial charge in [0.1, 0.15) is 0 Å². The van der Waals surface area contributed by atoms with Gasteiger partial charge in [-0.05, 0) is 37.5 Å². The maximum absolute atomic E-state index is 9.50. The molecule has 0 unspecified atom stereocenters. The molecule has 0 aliphatic heterocycles. The third-order valence-corrected chi connectivity index (χ3v) is 2.27. The Morgan fingerprint density at radius 1 is 1.43 bits per heavy atom. The summed E-state index contributed by atoms with van der Waals surface area (Å²) in [5, 5.41) is 9.50. The topological polar surface area (TPSA) is 29.5 Å². The van der Waals surface area contributed by atoms with Crippen LogP contribution in [0, 0.1) is 6.92 Å². The van der Waals surface area contributed by atoms with Crippen LogP contribution < -0.4 is 4.74 Å². The average Bonchev–Trinajstić information content (AvgIpc) is 2.18. The first-order valence-electron chi connectivity index (χ1n) is 4.67. The molecule has 0 amide bonds. The number of aromatic hydroxyl groups is 1. The lowest BCUT2D eigenvalue weighted by Crippen LogP contribution is -1.93. The highest BCUT2D eigenvalue weighted by atomic mass is 16.5. The number of phenolic OH excluding ortho intramolecular Hbond substituents is 1. The Balaban J connectivity index is 3.08. The lowest BCUT2D eigenvalue weighted by molar-refractivity contribution is 0.370.